The zero-order valence-corrected chi connectivity index (χ0v) is 12.9. The zero-order valence-electron chi connectivity index (χ0n) is 12.9. The van der Waals surface area contributed by atoms with Gasteiger partial charge in [-0.1, -0.05) is 38.1 Å². The summed E-state index contributed by atoms with van der Waals surface area (Å²) < 4.78 is 5.75. The Kier molecular flexibility index (Phi) is 5.37. The molecule has 0 aliphatic carbocycles. The van der Waals surface area contributed by atoms with Crippen LogP contribution in [0.2, 0.25) is 0 Å². The van der Waals surface area contributed by atoms with E-state index < -0.39 is 0 Å². The molecule has 21 heavy (non-hydrogen) atoms. The minimum absolute atomic E-state index is 0.00252. The van der Waals surface area contributed by atoms with E-state index in [1.807, 2.05) is 32.0 Å². The fourth-order valence-electron chi connectivity index (χ4n) is 2.62. The highest BCUT2D eigenvalue weighted by atomic mass is 16.5. The zero-order chi connectivity index (χ0) is 15.3. The Morgan fingerprint density at radius 3 is 2.95 bits per heavy atom. The largest absolute Gasteiger partial charge is 0.396 e. The number of aliphatic hydroxyl groups excluding tert-OH is 1. The quantitative estimate of drug-likeness (QED) is 0.845. The first kappa shape index (κ1) is 16.0. The molecule has 1 unspecified atom stereocenters. The summed E-state index contributed by atoms with van der Waals surface area (Å²) in [4.78, 5) is 12.1. The van der Waals surface area contributed by atoms with Crippen molar-refractivity contribution in [3.63, 3.8) is 0 Å². The summed E-state index contributed by atoms with van der Waals surface area (Å²) in [6.45, 7) is 5.46. The third-order valence-corrected chi connectivity index (χ3v) is 4.02. The Bertz CT molecular complexity index is 485. The highest BCUT2D eigenvalue weighted by Crippen LogP contribution is 2.29. The fourth-order valence-corrected chi connectivity index (χ4v) is 2.62. The van der Waals surface area contributed by atoms with Gasteiger partial charge in [-0.3, -0.25) is 4.79 Å². The molecule has 116 valence electrons. The molecule has 4 nitrogen and oxygen atoms in total. The predicted molar refractivity (Wildman–Crippen MR) is 81.9 cm³/mol. The van der Waals surface area contributed by atoms with E-state index in [2.05, 4.69) is 11.4 Å². The molecule has 0 saturated heterocycles. The van der Waals surface area contributed by atoms with E-state index >= 15 is 0 Å². The second kappa shape index (κ2) is 7.05. The molecule has 0 fully saturated rings. The van der Waals surface area contributed by atoms with Crippen LogP contribution in [0.1, 0.15) is 43.9 Å². The molecule has 0 saturated carbocycles. The summed E-state index contributed by atoms with van der Waals surface area (Å²) in [5, 5.41) is 12.0. The standard InChI is InChI=1S/C17H25NO3/c1-17(2,8-9-19)12-18-16(20)11-15-14-6-4-3-5-13(14)7-10-21-15/h3-6,15,19H,7-12H2,1-2H3,(H,18,20). The van der Waals surface area contributed by atoms with Gasteiger partial charge in [-0.15, -0.1) is 0 Å². The molecule has 1 amide bonds. The number of benzene rings is 1. The average molecular weight is 291 g/mol. The van der Waals surface area contributed by atoms with Gasteiger partial charge >= 0.3 is 0 Å². The monoisotopic (exact) mass is 291 g/mol. The summed E-state index contributed by atoms with van der Waals surface area (Å²) in [6, 6.07) is 8.16. The lowest BCUT2D eigenvalue weighted by Crippen LogP contribution is -2.35. The van der Waals surface area contributed by atoms with E-state index in [4.69, 9.17) is 9.84 Å². The highest BCUT2D eigenvalue weighted by molar-refractivity contribution is 5.76. The molecular weight excluding hydrogens is 266 g/mol. The summed E-state index contributed by atoms with van der Waals surface area (Å²) in [5.41, 5.74) is 2.33. The Balaban J connectivity index is 1.89. The van der Waals surface area contributed by atoms with Gasteiger partial charge in [0.15, 0.2) is 0 Å². The van der Waals surface area contributed by atoms with Crippen LogP contribution in [0.4, 0.5) is 0 Å². The van der Waals surface area contributed by atoms with Crippen molar-refractivity contribution >= 4 is 5.91 Å². The van der Waals surface area contributed by atoms with Gasteiger partial charge in [-0.25, -0.2) is 0 Å². The van der Waals surface area contributed by atoms with E-state index in [-0.39, 0.29) is 24.0 Å². The van der Waals surface area contributed by atoms with E-state index in [1.54, 1.807) is 0 Å². The Labute approximate surface area is 126 Å². The lowest BCUT2D eigenvalue weighted by Gasteiger charge is -2.27. The van der Waals surface area contributed by atoms with Gasteiger partial charge in [0.05, 0.1) is 19.1 Å². The molecule has 4 heteroatoms. The maximum atomic E-state index is 12.1. The average Bonchev–Trinajstić information content (AvgIpc) is 2.46. The Morgan fingerprint density at radius 2 is 2.19 bits per heavy atom. The molecule has 2 N–H and O–H groups in total. The van der Waals surface area contributed by atoms with Gasteiger partial charge in [0, 0.05) is 13.2 Å². The molecule has 2 rings (SSSR count). The predicted octanol–water partition coefficient (Wildman–Crippen LogP) is 2.22. The smallest absolute Gasteiger partial charge is 0.222 e. The van der Waals surface area contributed by atoms with Crippen molar-refractivity contribution in [1.29, 1.82) is 0 Å². The Hall–Kier alpha value is -1.39. The van der Waals surface area contributed by atoms with Crippen LogP contribution in [0.3, 0.4) is 0 Å². The first-order chi connectivity index (χ1) is 10.0. The minimum atomic E-state index is -0.143. The van der Waals surface area contributed by atoms with Crippen LogP contribution in [0, 0.1) is 5.41 Å². The molecular formula is C17H25NO3. The van der Waals surface area contributed by atoms with Crippen molar-refractivity contribution in [2.24, 2.45) is 5.41 Å². The number of hydrogen-bond donors (Lipinski definition) is 2. The summed E-state index contributed by atoms with van der Waals surface area (Å²) in [5.74, 6) is 0.00252. The van der Waals surface area contributed by atoms with Gasteiger partial charge in [-0.05, 0) is 29.4 Å². The van der Waals surface area contributed by atoms with Crippen LogP contribution in [0.25, 0.3) is 0 Å². The van der Waals surface area contributed by atoms with Crippen LogP contribution in [0.5, 0.6) is 0 Å². The second-order valence-corrected chi connectivity index (χ2v) is 6.43. The molecule has 1 aliphatic rings. The van der Waals surface area contributed by atoms with E-state index in [0.717, 1.165) is 12.0 Å². The summed E-state index contributed by atoms with van der Waals surface area (Å²) in [6.07, 6.45) is 1.80. The number of nitrogens with one attached hydrogen (secondary N) is 1. The number of ether oxygens (including phenoxy) is 1. The number of carbonyl (C=O) groups is 1. The minimum Gasteiger partial charge on any atom is -0.396 e. The van der Waals surface area contributed by atoms with Crippen molar-refractivity contribution in [2.45, 2.75) is 39.2 Å². The number of fused-ring (bicyclic) bond motifs is 1. The van der Waals surface area contributed by atoms with Crippen molar-refractivity contribution in [1.82, 2.24) is 5.32 Å². The van der Waals surface area contributed by atoms with Crippen LogP contribution in [0.15, 0.2) is 24.3 Å². The Morgan fingerprint density at radius 1 is 1.43 bits per heavy atom. The molecule has 1 aromatic carbocycles. The first-order valence-electron chi connectivity index (χ1n) is 7.59. The van der Waals surface area contributed by atoms with E-state index in [9.17, 15) is 4.79 Å². The lowest BCUT2D eigenvalue weighted by molar-refractivity contribution is -0.124. The fraction of sp³-hybridized carbons (Fsp3) is 0.588. The van der Waals surface area contributed by atoms with Crippen LogP contribution in [-0.2, 0) is 16.0 Å². The van der Waals surface area contributed by atoms with Crippen LogP contribution in [-0.4, -0.2) is 30.8 Å². The van der Waals surface area contributed by atoms with Crippen molar-refractivity contribution < 1.29 is 14.6 Å². The van der Waals surface area contributed by atoms with E-state index in [0.29, 0.717) is 26.0 Å². The number of rotatable bonds is 6. The maximum Gasteiger partial charge on any atom is 0.222 e. The number of aliphatic hydroxyl groups is 1. The highest BCUT2D eigenvalue weighted by Gasteiger charge is 2.24. The van der Waals surface area contributed by atoms with Crippen LogP contribution < -0.4 is 5.32 Å². The third kappa shape index (κ3) is 4.55. The molecule has 0 radical (unpaired) electrons. The number of carbonyl (C=O) groups excluding carboxylic acids is 1. The SMILES string of the molecule is CC(C)(CCO)CNC(=O)CC1OCCc2ccccc21. The van der Waals surface area contributed by atoms with E-state index in [1.165, 1.54) is 5.56 Å². The van der Waals surface area contributed by atoms with Gasteiger partial charge in [0.25, 0.3) is 0 Å². The molecule has 0 aromatic heterocycles. The number of hydrogen-bond acceptors (Lipinski definition) is 3. The third-order valence-electron chi connectivity index (χ3n) is 4.02. The maximum absolute atomic E-state index is 12.1. The first-order valence-corrected chi connectivity index (χ1v) is 7.59. The molecule has 1 aromatic rings. The topological polar surface area (TPSA) is 58.6 Å². The molecule has 0 spiro atoms. The molecule has 1 aliphatic heterocycles. The van der Waals surface area contributed by atoms with Gasteiger partial charge < -0.3 is 15.2 Å². The van der Waals surface area contributed by atoms with Crippen molar-refractivity contribution in [3.8, 4) is 0 Å². The molecule has 1 heterocycles. The lowest BCUT2D eigenvalue weighted by atomic mass is 9.89. The second-order valence-electron chi connectivity index (χ2n) is 6.43. The molecule has 1 atom stereocenters. The van der Waals surface area contributed by atoms with Gasteiger partial charge in [0.2, 0.25) is 5.91 Å². The van der Waals surface area contributed by atoms with Gasteiger partial charge in [-0.2, -0.15) is 0 Å². The molecule has 0 bridgehead atoms. The normalized spacial score (nSPS) is 18.1. The van der Waals surface area contributed by atoms with Gasteiger partial charge in [0.1, 0.15) is 0 Å². The number of amides is 1. The van der Waals surface area contributed by atoms with Crippen molar-refractivity contribution in [2.75, 3.05) is 19.8 Å². The van der Waals surface area contributed by atoms with Crippen molar-refractivity contribution in [3.05, 3.63) is 35.4 Å². The van der Waals surface area contributed by atoms with Crippen LogP contribution >= 0.6 is 0 Å². The summed E-state index contributed by atoms with van der Waals surface area (Å²) in [7, 11) is 0. The summed E-state index contributed by atoms with van der Waals surface area (Å²) >= 11 is 0.